The average molecular weight is 202 g/mol. The van der Waals surface area contributed by atoms with E-state index in [-0.39, 0.29) is 17.6 Å². The molecule has 0 saturated heterocycles. The average Bonchev–Trinajstić information content (AvgIpc) is 1.96. The van der Waals surface area contributed by atoms with Crippen molar-refractivity contribution in [1.29, 1.82) is 0 Å². The Labute approximate surface area is 88.3 Å². The molecule has 3 heteroatoms. The highest BCUT2D eigenvalue weighted by molar-refractivity contribution is 4.77. The summed E-state index contributed by atoms with van der Waals surface area (Å²) in [4.78, 5) is 2.12. The monoisotopic (exact) mass is 202 g/mol. The zero-order valence-corrected chi connectivity index (χ0v) is 10.2. The summed E-state index contributed by atoms with van der Waals surface area (Å²) in [6.45, 7) is 9.95. The molecule has 14 heavy (non-hydrogen) atoms. The lowest BCUT2D eigenvalue weighted by atomic mass is 9.85. The van der Waals surface area contributed by atoms with Crippen molar-refractivity contribution in [3.8, 4) is 0 Å². The molecule has 0 bridgehead atoms. The number of rotatable bonds is 5. The van der Waals surface area contributed by atoms with Gasteiger partial charge in [0.05, 0.1) is 6.10 Å². The molecule has 0 aromatic carbocycles. The van der Waals surface area contributed by atoms with Crippen LogP contribution in [0.2, 0.25) is 0 Å². The van der Waals surface area contributed by atoms with Gasteiger partial charge in [0.1, 0.15) is 0 Å². The van der Waals surface area contributed by atoms with Crippen LogP contribution < -0.4 is 5.73 Å². The Bertz CT molecular complexity index is 152. The lowest BCUT2D eigenvalue weighted by Gasteiger charge is -2.29. The van der Waals surface area contributed by atoms with E-state index in [2.05, 4.69) is 25.7 Å². The Balaban J connectivity index is 3.72. The third-order valence-corrected chi connectivity index (χ3v) is 2.51. The maximum Gasteiger partial charge on any atom is 0.0638 e. The minimum Gasteiger partial charge on any atom is -0.392 e. The van der Waals surface area contributed by atoms with Crippen LogP contribution in [0.25, 0.3) is 0 Å². The van der Waals surface area contributed by atoms with E-state index < -0.39 is 0 Å². The molecule has 0 aromatic heterocycles. The van der Waals surface area contributed by atoms with Crippen molar-refractivity contribution < 1.29 is 5.11 Å². The Morgan fingerprint density at radius 3 is 2.21 bits per heavy atom. The molecule has 3 N–H and O–H groups in total. The van der Waals surface area contributed by atoms with Crippen molar-refractivity contribution in [2.24, 2.45) is 11.1 Å². The fraction of sp³-hybridized carbons (Fsp3) is 1.00. The second-order valence-corrected chi connectivity index (χ2v) is 5.37. The Hall–Kier alpha value is -0.120. The number of nitrogens with zero attached hydrogens (tertiary/aromatic N) is 1. The molecular weight excluding hydrogens is 176 g/mol. The van der Waals surface area contributed by atoms with E-state index in [1.54, 1.807) is 6.92 Å². The van der Waals surface area contributed by atoms with Crippen molar-refractivity contribution in [2.75, 3.05) is 20.1 Å². The number of nitrogens with two attached hydrogens (primary N) is 1. The van der Waals surface area contributed by atoms with Crippen molar-refractivity contribution in [3.05, 3.63) is 0 Å². The van der Waals surface area contributed by atoms with Gasteiger partial charge in [-0.2, -0.15) is 0 Å². The Morgan fingerprint density at radius 2 is 1.86 bits per heavy atom. The molecule has 86 valence electrons. The Morgan fingerprint density at radius 1 is 1.36 bits per heavy atom. The van der Waals surface area contributed by atoms with Gasteiger partial charge in [-0.3, -0.25) is 0 Å². The minimum absolute atomic E-state index is 0.172. The maximum atomic E-state index is 9.17. The van der Waals surface area contributed by atoms with Gasteiger partial charge >= 0.3 is 0 Å². The molecule has 0 fully saturated rings. The second kappa shape index (κ2) is 5.69. The summed E-state index contributed by atoms with van der Waals surface area (Å²) in [7, 11) is 2.02. The summed E-state index contributed by atoms with van der Waals surface area (Å²) in [5.41, 5.74) is 6.21. The highest BCUT2D eigenvalue weighted by Gasteiger charge is 2.20. The van der Waals surface area contributed by atoms with Gasteiger partial charge in [-0.1, -0.05) is 20.8 Å². The van der Waals surface area contributed by atoms with E-state index in [0.717, 1.165) is 19.5 Å². The fourth-order valence-electron chi connectivity index (χ4n) is 1.33. The molecule has 0 spiro atoms. The van der Waals surface area contributed by atoms with Gasteiger partial charge in [-0.25, -0.2) is 0 Å². The van der Waals surface area contributed by atoms with Gasteiger partial charge in [-0.05, 0) is 32.4 Å². The van der Waals surface area contributed by atoms with Crippen LogP contribution in [0.15, 0.2) is 0 Å². The SMILES string of the molecule is CC(O)CN(C)CCC(N)C(C)(C)C. The largest absolute Gasteiger partial charge is 0.392 e. The molecule has 0 saturated carbocycles. The van der Waals surface area contributed by atoms with E-state index in [9.17, 15) is 5.11 Å². The zero-order valence-electron chi connectivity index (χ0n) is 10.2. The van der Waals surface area contributed by atoms with Crippen molar-refractivity contribution >= 4 is 0 Å². The lowest BCUT2D eigenvalue weighted by Crippen LogP contribution is -2.39. The third-order valence-electron chi connectivity index (χ3n) is 2.51. The normalized spacial score (nSPS) is 17.1. The van der Waals surface area contributed by atoms with Crippen LogP contribution in [-0.2, 0) is 0 Å². The summed E-state index contributed by atoms with van der Waals surface area (Å²) in [6.07, 6.45) is 0.720. The van der Waals surface area contributed by atoms with Crippen LogP contribution in [0.3, 0.4) is 0 Å². The van der Waals surface area contributed by atoms with Crippen LogP contribution >= 0.6 is 0 Å². The first-order valence-electron chi connectivity index (χ1n) is 5.35. The van der Waals surface area contributed by atoms with Gasteiger partial charge in [-0.15, -0.1) is 0 Å². The van der Waals surface area contributed by atoms with Gasteiger partial charge < -0.3 is 15.7 Å². The number of hydrogen-bond acceptors (Lipinski definition) is 3. The topological polar surface area (TPSA) is 49.5 Å². The van der Waals surface area contributed by atoms with Crippen molar-refractivity contribution in [3.63, 3.8) is 0 Å². The van der Waals surface area contributed by atoms with Crippen LogP contribution in [0, 0.1) is 5.41 Å². The van der Waals surface area contributed by atoms with Crippen LogP contribution in [0.1, 0.15) is 34.1 Å². The first-order valence-corrected chi connectivity index (χ1v) is 5.35. The van der Waals surface area contributed by atoms with Crippen LogP contribution in [-0.4, -0.2) is 42.3 Å². The van der Waals surface area contributed by atoms with Crippen molar-refractivity contribution in [1.82, 2.24) is 4.90 Å². The van der Waals surface area contributed by atoms with E-state index >= 15 is 0 Å². The lowest BCUT2D eigenvalue weighted by molar-refractivity contribution is 0.136. The first-order chi connectivity index (χ1) is 6.23. The standard InChI is InChI=1S/C11H26N2O/c1-9(14)8-13(5)7-6-10(12)11(2,3)4/h9-10,14H,6-8,12H2,1-5H3. The highest BCUT2D eigenvalue weighted by atomic mass is 16.3. The molecule has 0 aliphatic heterocycles. The van der Waals surface area contributed by atoms with Gasteiger partial charge in [0.2, 0.25) is 0 Å². The third kappa shape index (κ3) is 6.35. The smallest absolute Gasteiger partial charge is 0.0638 e. The summed E-state index contributed by atoms with van der Waals surface area (Å²) >= 11 is 0. The summed E-state index contributed by atoms with van der Waals surface area (Å²) in [5.74, 6) is 0. The van der Waals surface area contributed by atoms with Gasteiger partial charge in [0, 0.05) is 12.6 Å². The second-order valence-electron chi connectivity index (χ2n) is 5.37. The molecule has 2 unspecified atom stereocenters. The van der Waals surface area contributed by atoms with E-state index in [1.165, 1.54) is 0 Å². The highest BCUT2D eigenvalue weighted by Crippen LogP contribution is 2.19. The van der Waals surface area contributed by atoms with Crippen LogP contribution in [0.5, 0.6) is 0 Å². The maximum absolute atomic E-state index is 9.17. The minimum atomic E-state index is -0.258. The first kappa shape index (κ1) is 13.9. The van der Waals surface area contributed by atoms with Gasteiger partial charge in [0.15, 0.2) is 0 Å². The molecule has 0 heterocycles. The molecule has 0 rings (SSSR count). The number of hydrogen-bond donors (Lipinski definition) is 2. The quantitative estimate of drug-likeness (QED) is 0.701. The van der Waals surface area contributed by atoms with Gasteiger partial charge in [0.25, 0.3) is 0 Å². The van der Waals surface area contributed by atoms with Crippen molar-refractivity contribution in [2.45, 2.75) is 46.3 Å². The summed E-state index contributed by atoms with van der Waals surface area (Å²) in [5, 5.41) is 9.17. The molecule has 0 aliphatic rings. The summed E-state index contributed by atoms with van der Waals surface area (Å²) in [6, 6.07) is 0.221. The molecular formula is C11H26N2O. The molecule has 0 aromatic rings. The van der Waals surface area contributed by atoms with Crippen LogP contribution in [0.4, 0.5) is 0 Å². The summed E-state index contributed by atoms with van der Waals surface area (Å²) < 4.78 is 0. The number of likely N-dealkylation sites (N-methyl/N-ethyl adjacent to an activating group) is 1. The van der Waals surface area contributed by atoms with E-state index in [0.29, 0.717) is 0 Å². The predicted molar refractivity (Wildman–Crippen MR) is 61.2 cm³/mol. The number of aliphatic hydroxyl groups excluding tert-OH is 1. The fourth-order valence-corrected chi connectivity index (χ4v) is 1.33. The predicted octanol–water partition coefficient (Wildman–Crippen LogP) is 1.06. The molecule has 0 amide bonds. The Kier molecular flexibility index (Phi) is 5.64. The molecule has 0 aliphatic carbocycles. The molecule has 2 atom stereocenters. The van der Waals surface area contributed by atoms with E-state index in [4.69, 9.17) is 5.73 Å². The number of aliphatic hydroxyl groups is 1. The zero-order chi connectivity index (χ0) is 11.4. The molecule has 0 radical (unpaired) electrons. The van der Waals surface area contributed by atoms with E-state index in [1.807, 2.05) is 7.05 Å². The molecule has 3 nitrogen and oxygen atoms in total.